The van der Waals surface area contributed by atoms with Gasteiger partial charge in [-0.3, -0.25) is 4.79 Å². The van der Waals surface area contributed by atoms with Crippen molar-refractivity contribution in [3.8, 4) is 0 Å². The molecule has 1 amide bonds. The van der Waals surface area contributed by atoms with Crippen LogP contribution in [0.5, 0.6) is 0 Å². The maximum absolute atomic E-state index is 12.5. The molecule has 1 N–H and O–H groups in total. The zero-order valence-corrected chi connectivity index (χ0v) is 13.1. The van der Waals surface area contributed by atoms with E-state index >= 15 is 0 Å². The Morgan fingerprint density at radius 1 is 1.41 bits per heavy atom. The van der Waals surface area contributed by atoms with Gasteiger partial charge in [0.1, 0.15) is 5.82 Å². The van der Waals surface area contributed by atoms with Gasteiger partial charge in [-0.2, -0.15) is 9.61 Å². The van der Waals surface area contributed by atoms with Gasteiger partial charge in [0.25, 0.3) is 5.91 Å². The van der Waals surface area contributed by atoms with Gasteiger partial charge in [-0.25, -0.2) is 4.98 Å². The summed E-state index contributed by atoms with van der Waals surface area (Å²) >= 11 is 1.61. The zero-order chi connectivity index (χ0) is 15.1. The van der Waals surface area contributed by atoms with Gasteiger partial charge >= 0.3 is 0 Å². The fourth-order valence-corrected chi connectivity index (χ4v) is 4.03. The van der Waals surface area contributed by atoms with E-state index in [1.54, 1.807) is 40.4 Å². The lowest BCUT2D eigenvalue weighted by molar-refractivity contribution is 0.103. The van der Waals surface area contributed by atoms with Crippen LogP contribution in [0.25, 0.3) is 5.65 Å². The highest BCUT2D eigenvalue weighted by Gasteiger charge is 2.21. The van der Waals surface area contributed by atoms with E-state index in [9.17, 15) is 4.79 Å². The average molecular weight is 312 g/mol. The Morgan fingerprint density at radius 3 is 3.23 bits per heavy atom. The minimum Gasteiger partial charge on any atom is -0.306 e. The quantitative estimate of drug-likeness (QED) is 0.790. The van der Waals surface area contributed by atoms with Gasteiger partial charge in [0, 0.05) is 17.1 Å². The van der Waals surface area contributed by atoms with E-state index in [0.29, 0.717) is 11.7 Å². The minimum atomic E-state index is -0.0740. The number of carbonyl (C=O) groups excluding carboxylic acids is 1. The third-order valence-electron chi connectivity index (χ3n) is 4.08. The molecule has 1 unspecified atom stereocenters. The van der Waals surface area contributed by atoms with Crippen LogP contribution in [-0.4, -0.2) is 20.5 Å². The van der Waals surface area contributed by atoms with E-state index in [-0.39, 0.29) is 5.91 Å². The second-order valence-electron chi connectivity index (χ2n) is 5.79. The van der Waals surface area contributed by atoms with Crippen LogP contribution in [0.2, 0.25) is 0 Å². The molecule has 0 saturated carbocycles. The number of thiophene rings is 1. The first kappa shape index (κ1) is 13.5. The van der Waals surface area contributed by atoms with Crippen molar-refractivity contribution in [2.45, 2.75) is 26.2 Å². The summed E-state index contributed by atoms with van der Waals surface area (Å²) in [7, 11) is 0. The van der Waals surface area contributed by atoms with Crippen LogP contribution in [-0.2, 0) is 12.8 Å². The molecule has 3 heterocycles. The van der Waals surface area contributed by atoms with Crippen molar-refractivity contribution in [2.24, 2.45) is 5.92 Å². The van der Waals surface area contributed by atoms with Crippen molar-refractivity contribution in [3.63, 3.8) is 0 Å². The van der Waals surface area contributed by atoms with Crippen LogP contribution in [0.1, 0.15) is 33.5 Å². The molecule has 0 saturated heterocycles. The molecule has 4 rings (SSSR count). The van der Waals surface area contributed by atoms with Gasteiger partial charge in [0.2, 0.25) is 0 Å². The number of carbonyl (C=O) groups is 1. The molecule has 22 heavy (non-hydrogen) atoms. The lowest BCUT2D eigenvalue weighted by atomic mass is 9.90. The second-order valence-corrected chi connectivity index (χ2v) is 6.93. The maximum Gasteiger partial charge on any atom is 0.266 e. The number of hydrogen-bond donors (Lipinski definition) is 1. The Morgan fingerprint density at radius 2 is 2.32 bits per heavy atom. The van der Waals surface area contributed by atoms with E-state index in [0.717, 1.165) is 23.4 Å². The molecule has 0 aromatic carbocycles. The largest absolute Gasteiger partial charge is 0.306 e. The lowest BCUT2D eigenvalue weighted by Gasteiger charge is -2.16. The SMILES string of the molecule is CC1CCc2sc(C(=O)Nc3ccnc4ccnn34)cc2C1. The zero-order valence-electron chi connectivity index (χ0n) is 12.2. The third-order valence-corrected chi connectivity index (χ3v) is 5.32. The molecule has 0 aliphatic heterocycles. The highest BCUT2D eigenvalue weighted by Crippen LogP contribution is 2.32. The Bertz CT molecular complexity index is 851. The smallest absolute Gasteiger partial charge is 0.266 e. The Hall–Kier alpha value is -2.21. The standard InChI is InChI=1S/C16H16N4OS/c1-10-2-3-12-11(8-10)9-13(22-12)16(21)19-15-4-6-17-14-5-7-18-20(14)15/h4-7,9-10H,2-3,8H2,1H3,(H,19,21). The number of aromatic nitrogens is 3. The van der Waals surface area contributed by atoms with Crippen molar-refractivity contribution in [2.75, 3.05) is 5.32 Å². The summed E-state index contributed by atoms with van der Waals surface area (Å²) in [5, 5.41) is 7.12. The molecule has 0 fully saturated rings. The summed E-state index contributed by atoms with van der Waals surface area (Å²) in [6.07, 6.45) is 6.73. The topological polar surface area (TPSA) is 59.3 Å². The third kappa shape index (κ3) is 2.29. The van der Waals surface area contributed by atoms with Crippen molar-refractivity contribution in [1.82, 2.24) is 14.6 Å². The number of amides is 1. The first-order valence-corrected chi connectivity index (χ1v) is 8.24. The molecular weight excluding hydrogens is 296 g/mol. The molecule has 0 spiro atoms. The van der Waals surface area contributed by atoms with E-state index in [1.807, 2.05) is 6.07 Å². The monoisotopic (exact) mass is 312 g/mol. The number of hydrogen-bond acceptors (Lipinski definition) is 4. The van der Waals surface area contributed by atoms with Crippen LogP contribution >= 0.6 is 11.3 Å². The predicted octanol–water partition coefficient (Wildman–Crippen LogP) is 3.17. The van der Waals surface area contributed by atoms with Crippen LogP contribution in [0.15, 0.2) is 30.6 Å². The summed E-state index contributed by atoms with van der Waals surface area (Å²) in [5.74, 6) is 1.27. The second kappa shape index (κ2) is 5.21. The highest BCUT2D eigenvalue weighted by atomic mass is 32.1. The summed E-state index contributed by atoms with van der Waals surface area (Å²) in [5.41, 5.74) is 2.06. The summed E-state index contributed by atoms with van der Waals surface area (Å²) in [6, 6.07) is 5.61. The summed E-state index contributed by atoms with van der Waals surface area (Å²) in [4.78, 5) is 18.8. The van der Waals surface area contributed by atoms with Gasteiger partial charge < -0.3 is 5.32 Å². The Labute approximate surface area is 132 Å². The molecule has 112 valence electrons. The van der Waals surface area contributed by atoms with Crippen LogP contribution in [0.4, 0.5) is 5.82 Å². The Balaban J connectivity index is 1.61. The molecule has 0 radical (unpaired) electrons. The molecule has 3 aromatic rings. The van der Waals surface area contributed by atoms with Gasteiger partial charge in [0.05, 0.1) is 11.1 Å². The van der Waals surface area contributed by atoms with E-state index in [4.69, 9.17) is 0 Å². The number of aryl methyl sites for hydroxylation is 1. The molecular formula is C16H16N4OS. The molecule has 1 aliphatic carbocycles. The number of fused-ring (bicyclic) bond motifs is 2. The highest BCUT2D eigenvalue weighted by molar-refractivity contribution is 7.14. The summed E-state index contributed by atoms with van der Waals surface area (Å²) < 4.78 is 1.63. The molecule has 3 aromatic heterocycles. The fourth-order valence-electron chi connectivity index (χ4n) is 2.92. The van der Waals surface area contributed by atoms with Crippen LogP contribution < -0.4 is 5.32 Å². The van der Waals surface area contributed by atoms with Crippen LogP contribution in [0, 0.1) is 5.92 Å². The van der Waals surface area contributed by atoms with E-state index in [1.165, 1.54) is 16.9 Å². The number of nitrogens with one attached hydrogen (secondary N) is 1. The van der Waals surface area contributed by atoms with Gasteiger partial charge in [-0.05, 0) is 42.9 Å². The number of anilines is 1. The van der Waals surface area contributed by atoms with E-state index in [2.05, 4.69) is 22.3 Å². The van der Waals surface area contributed by atoms with Crippen molar-refractivity contribution in [3.05, 3.63) is 45.9 Å². The van der Waals surface area contributed by atoms with Gasteiger partial charge in [0.15, 0.2) is 5.65 Å². The lowest BCUT2D eigenvalue weighted by Crippen LogP contribution is -2.13. The molecule has 1 atom stereocenters. The van der Waals surface area contributed by atoms with Gasteiger partial charge in [-0.15, -0.1) is 11.3 Å². The van der Waals surface area contributed by atoms with Crippen LogP contribution in [0.3, 0.4) is 0 Å². The fraction of sp³-hybridized carbons (Fsp3) is 0.312. The predicted molar refractivity (Wildman–Crippen MR) is 86.4 cm³/mol. The first-order chi connectivity index (χ1) is 10.7. The average Bonchev–Trinajstić information content (AvgIpc) is 3.13. The molecule has 1 aliphatic rings. The normalized spacial score (nSPS) is 17.4. The molecule has 6 heteroatoms. The van der Waals surface area contributed by atoms with Crippen molar-refractivity contribution in [1.29, 1.82) is 0 Å². The number of rotatable bonds is 2. The number of nitrogens with zero attached hydrogens (tertiary/aromatic N) is 3. The maximum atomic E-state index is 12.5. The minimum absolute atomic E-state index is 0.0740. The first-order valence-electron chi connectivity index (χ1n) is 7.42. The van der Waals surface area contributed by atoms with E-state index < -0.39 is 0 Å². The molecule has 0 bridgehead atoms. The van der Waals surface area contributed by atoms with Crippen molar-refractivity contribution < 1.29 is 4.79 Å². The van der Waals surface area contributed by atoms with Crippen molar-refractivity contribution >= 4 is 28.7 Å². The van der Waals surface area contributed by atoms with Gasteiger partial charge in [-0.1, -0.05) is 6.92 Å². The molecule has 5 nitrogen and oxygen atoms in total. The Kier molecular flexibility index (Phi) is 3.18. The summed E-state index contributed by atoms with van der Waals surface area (Å²) in [6.45, 7) is 2.27.